The van der Waals surface area contributed by atoms with E-state index in [-0.39, 0.29) is 18.0 Å². The van der Waals surface area contributed by atoms with Crippen LogP contribution in [0.5, 0.6) is 5.88 Å². The lowest BCUT2D eigenvalue weighted by Gasteiger charge is -2.05. The van der Waals surface area contributed by atoms with E-state index in [4.69, 9.17) is 4.74 Å². The molecule has 0 spiro atoms. The van der Waals surface area contributed by atoms with Crippen LogP contribution >= 0.6 is 0 Å². The van der Waals surface area contributed by atoms with E-state index in [1.807, 2.05) is 12.1 Å². The zero-order valence-corrected chi connectivity index (χ0v) is 15.8. The lowest BCUT2D eigenvalue weighted by atomic mass is 10.1. The molecule has 0 saturated carbocycles. The summed E-state index contributed by atoms with van der Waals surface area (Å²) >= 11 is 0. The van der Waals surface area contributed by atoms with Gasteiger partial charge in [-0.2, -0.15) is 10.2 Å². The Kier molecular flexibility index (Phi) is 4.36. The highest BCUT2D eigenvalue weighted by Crippen LogP contribution is 2.35. The van der Waals surface area contributed by atoms with Gasteiger partial charge in [-0.25, -0.2) is 13.9 Å². The number of aromatic nitrogens is 8. The fraction of sp³-hybridized carbons (Fsp3) is 0.100. The maximum Gasteiger partial charge on any atom is 0.242 e. The molecule has 0 radical (unpaired) electrons. The Morgan fingerprint density at radius 1 is 1.10 bits per heavy atom. The summed E-state index contributed by atoms with van der Waals surface area (Å²) in [5.41, 5.74) is 2.37. The smallest absolute Gasteiger partial charge is 0.242 e. The Hall–Kier alpha value is -4.21. The molecule has 30 heavy (non-hydrogen) atoms. The van der Waals surface area contributed by atoms with Crippen molar-refractivity contribution in [3.63, 3.8) is 0 Å². The maximum absolute atomic E-state index is 14.4. The first kappa shape index (κ1) is 17.9. The Bertz CT molecular complexity index is 1330. The molecule has 0 saturated heterocycles. The zero-order valence-electron chi connectivity index (χ0n) is 15.8. The van der Waals surface area contributed by atoms with E-state index in [0.717, 1.165) is 5.56 Å². The molecular formula is C20H15FN8O. The Balaban J connectivity index is 1.69. The van der Waals surface area contributed by atoms with Gasteiger partial charge in [0.15, 0.2) is 11.6 Å². The largest absolute Gasteiger partial charge is 0.468 e. The molecule has 0 unspecified atom stereocenters. The van der Waals surface area contributed by atoms with Gasteiger partial charge in [0.05, 0.1) is 17.3 Å². The number of hydrogen-bond donors (Lipinski definition) is 0. The van der Waals surface area contributed by atoms with Gasteiger partial charge < -0.3 is 4.74 Å². The number of ether oxygens (including phenoxy) is 1. The van der Waals surface area contributed by atoms with Crippen molar-refractivity contribution in [2.45, 2.75) is 6.61 Å². The zero-order chi connectivity index (χ0) is 20.5. The molecule has 0 fully saturated rings. The predicted molar refractivity (Wildman–Crippen MR) is 105 cm³/mol. The van der Waals surface area contributed by atoms with Crippen molar-refractivity contribution < 1.29 is 9.13 Å². The van der Waals surface area contributed by atoms with E-state index in [1.54, 1.807) is 48.5 Å². The van der Waals surface area contributed by atoms with Crippen molar-refractivity contribution >= 4 is 5.52 Å². The molecule has 1 aromatic carbocycles. The summed E-state index contributed by atoms with van der Waals surface area (Å²) in [6.45, 7) is 0.156. The third-order valence-electron chi connectivity index (χ3n) is 4.63. The molecule has 10 heteroatoms. The Labute approximate surface area is 169 Å². The first-order valence-electron chi connectivity index (χ1n) is 9.08. The van der Waals surface area contributed by atoms with Gasteiger partial charge in [0.2, 0.25) is 5.88 Å². The Morgan fingerprint density at radius 3 is 2.77 bits per heavy atom. The van der Waals surface area contributed by atoms with Crippen molar-refractivity contribution in [1.29, 1.82) is 0 Å². The van der Waals surface area contributed by atoms with Gasteiger partial charge in [0, 0.05) is 25.0 Å². The van der Waals surface area contributed by atoms with Crippen LogP contribution in [0.25, 0.3) is 28.0 Å². The number of fused-ring (bicyclic) bond motifs is 1. The monoisotopic (exact) mass is 402 g/mol. The van der Waals surface area contributed by atoms with Crippen LogP contribution in [0.4, 0.5) is 4.39 Å². The van der Waals surface area contributed by atoms with Gasteiger partial charge in [0.25, 0.3) is 0 Å². The summed E-state index contributed by atoms with van der Waals surface area (Å²) in [5.74, 6) is 0.816. The van der Waals surface area contributed by atoms with Gasteiger partial charge in [-0.3, -0.25) is 9.67 Å². The van der Waals surface area contributed by atoms with Crippen molar-refractivity contribution in [3.8, 4) is 28.4 Å². The molecule has 0 N–H and O–H groups in total. The lowest BCUT2D eigenvalue weighted by molar-refractivity contribution is 0.278. The molecule has 0 aliphatic heterocycles. The maximum atomic E-state index is 14.4. The van der Waals surface area contributed by atoms with Crippen LogP contribution in [0.2, 0.25) is 0 Å². The minimum Gasteiger partial charge on any atom is -0.468 e. The molecule has 0 aliphatic rings. The second kappa shape index (κ2) is 7.32. The van der Waals surface area contributed by atoms with Gasteiger partial charge in [-0.1, -0.05) is 18.2 Å². The van der Waals surface area contributed by atoms with Gasteiger partial charge >= 0.3 is 0 Å². The highest BCUT2D eigenvalue weighted by atomic mass is 19.1. The van der Waals surface area contributed by atoms with Crippen molar-refractivity contribution in [3.05, 3.63) is 73.0 Å². The molecule has 0 atom stereocenters. The van der Waals surface area contributed by atoms with Gasteiger partial charge in [-0.15, -0.1) is 10.2 Å². The van der Waals surface area contributed by atoms with Crippen LogP contribution in [0.15, 0.2) is 61.3 Å². The second-order valence-electron chi connectivity index (χ2n) is 6.46. The van der Waals surface area contributed by atoms with Crippen LogP contribution in [-0.4, -0.2) is 39.6 Å². The number of halogens is 1. The van der Waals surface area contributed by atoms with Gasteiger partial charge in [0.1, 0.15) is 24.3 Å². The quantitative estimate of drug-likeness (QED) is 0.446. The molecule has 9 nitrogen and oxygen atoms in total. The highest BCUT2D eigenvalue weighted by Gasteiger charge is 2.21. The summed E-state index contributed by atoms with van der Waals surface area (Å²) in [6.07, 6.45) is 6.40. The Morgan fingerprint density at radius 2 is 2.00 bits per heavy atom. The number of benzene rings is 1. The van der Waals surface area contributed by atoms with E-state index in [0.29, 0.717) is 22.8 Å². The van der Waals surface area contributed by atoms with Crippen molar-refractivity contribution in [1.82, 2.24) is 39.6 Å². The van der Waals surface area contributed by atoms with Crippen LogP contribution in [0.1, 0.15) is 5.82 Å². The first-order chi connectivity index (χ1) is 14.7. The minimum atomic E-state index is -0.417. The average Bonchev–Trinajstić information content (AvgIpc) is 3.36. The molecule has 5 aromatic rings. The average molecular weight is 402 g/mol. The minimum absolute atomic E-state index is 0.156. The molecule has 5 rings (SSSR count). The third kappa shape index (κ3) is 3.04. The summed E-state index contributed by atoms with van der Waals surface area (Å²) in [5, 5.41) is 16.8. The first-order valence-corrected chi connectivity index (χ1v) is 9.08. The normalized spacial score (nSPS) is 11.1. The van der Waals surface area contributed by atoms with Crippen LogP contribution < -0.4 is 4.74 Å². The number of aryl methyl sites for hydroxylation is 1. The van der Waals surface area contributed by atoms with E-state index in [1.165, 1.54) is 16.9 Å². The van der Waals surface area contributed by atoms with E-state index in [2.05, 4.69) is 30.4 Å². The fourth-order valence-corrected chi connectivity index (χ4v) is 3.15. The summed E-state index contributed by atoms with van der Waals surface area (Å²) in [6, 6.07) is 10.1. The third-order valence-corrected chi connectivity index (χ3v) is 4.63. The number of hydrogen-bond acceptors (Lipinski definition) is 7. The SMILES string of the molecule is Cn1ncnc1COc1nn2c(-c3ccccc3F)nncc2c1-c1cccnc1. The topological polar surface area (TPSA) is 95.9 Å². The fourth-order valence-electron chi connectivity index (χ4n) is 3.15. The number of rotatable bonds is 5. The van der Waals surface area contributed by atoms with E-state index < -0.39 is 5.82 Å². The molecule has 4 aromatic heterocycles. The molecular weight excluding hydrogens is 387 g/mol. The summed E-state index contributed by atoms with van der Waals surface area (Å²) in [4.78, 5) is 8.36. The molecule has 4 heterocycles. The van der Waals surface area contributed by atoms with Crippen LogP contribution in [0, 0.1) is 5.82 Å². The summed E-state index contributed by atoms with van der Waals surface area (Å²) in [7, 11) is 1.78. The molecule has 0 bridgehead atoms. The van der Waals surface area contributed by atoms with E-state index >= 15 is 0 Å². The number of pyridine rings is 1. The predicted octanol–water partition coefficient (Wildman–Crippen LogP) is 2.70. The second-order valence-corrected chi connectivity index (χ2v) is 6.46. The van der Waals surface area contributed by atoms with Crippen LogP contribution in [0.3, 0.4) is 0 Å². The van der Waals surface area contributed by atoms with Crippen LogP contribution in [-0.2, 0) is 13.7 Å². The standard InChI is InChI=1S/C20H15FN8O/c1-28-17(23-12-25-28)11-30-20-18(13-5-4-8-22-9-13)16-10-24-26-19(29(16)27-20)14-6-2-3-7-15(14)21/h2-10,12H,11H2,1H3. The van der Waals surface area contributed by atoms with E-state index in [9.17, 15) is 4.39 Å². The number of nitrogens with zero attached hydrogens (tertiary/aromatic N) is 8. The highest BCUT2D eigenvalue weighted by molar-refractivity contribution is 5.85. The molecule has 0 aliphatic carbocycles. The molecule has 0 amide bonds. The van der Waals surface area contributed by atoms with Crippen molar-refractivity contribution in [2.24, 2.45) is 7.05 Å². The van der Waals surface area contributed by atoms with Gasteiger partial charge in [-0.05, 0) is 18.2 Å². The molecule has 148 valence electrons. The summed E-state index contributed by atoms with van der Waals surface area (Å²) < 4.78 is 23.6. The lowest BCUT2D eigenvalue weighted by Crippen LogP contribution is -2.05. The van der Waals surface area contributed by atoms with Crippen molar-refractivity contribution in [2.75, 3.05) is 0 Å².